The Morgan fingerprint density at radius 1 is 1.29 bits per heavy atom. The maximum Gasteiger partial charge on any atom is 0.234 e. The van der Waals surface area contributed by atoms with Crippen molar-refractivity contribution in [1.29, 1.82) is 0 Å². The number of hydrogen-bond acceptors (Lipinski definition) is 4. The second-order valence-electron chi connectivity index (χ2n) is 7.02. The molecule has 1 fully saturated rings. The summed E-state index contributed by atoms with van der Waals surface area (Å²) in [5.41, 5.74) is 1.89. The van der Waals surface area contributed by atoms with Crippen LogP contribution in [0.3, 0.4) is 0 Å². The summed E-state index contributed by atoms with van der Waals surface area (Å²) in [6.07, 6.45) is 0.956. The highest BCUT2D eigenvalue weighted by Crippen LogP contribution is 2.22. The van der Waals surface area contributed by atoms with E-state index in [-0.39, 0.29) is 24.3 Å². The van der Waals surface area contributed by atoms with E-state index in [9.17, 15) is 9.18 Å². The third kappa shape index (κ3) is 5.78. The van der Waals surface area contributed by atoms with Crippen LogP contribution in [0.15, 0.2) is 48.5 Å². The van der Waals surface area contributed by atoms with Crippen LogP contribution in [0.1, 0.15) is 30.5 Å². The molecule has 1 saturated heterocycles. The highest BCUT2D eigenvalue weighted by Gasteiger charge is 2.25. The van der Waals surface area contributed by atoms with Gasteiger partial charge in [0.15, 0.2) is 0 Å². The number of halogens is 1. The van der Waals surface area contributed by atoms with Gasteiger partial charge in [0.1, 0.15) is 11.6 Å². The van der Waals surface area contributed by atoms with Crippen molar-refractivity contribution in [3.8, 4) is 5.75 Å². The van der Waals surface area contributed by atoms with Crippen molar-refractivity contribution < 1.29 is 13.9 Å². The van der Waals surface area contributed by atoms with Crippen LogP contribution >= 0.6 is 0 Å². The minimum absolute atomic E-state index is 0.0130. The van der Waals surface area contributed by atoms with Crippen LogP contribution in [-0.4, -0.2) is 43.6 Å². The summed E-state index contributed by atoms with van der Waals surface area (Å²) in [4.78, 5) is 14.6. The van der Waals surface area contributed by atoms with Crippen molar-refractivity contribution in [3.63, 3.8) is 0 Å². The Hall–Kier alpha value is -2.44. The molecular formula is C22H28FN3O2. The van der Waals surface area contributed by atoms with Crippen LogP contribution < -0.4 is 15.4 Å². The lowest BCUT2D eigenvalue weighted by atomic mass is 10.0. The standard InChI is InChI=1S/C22H28FN3O2/c1-2-11-28-20-8-3-5-17(12-20)14-25-22(27)16-26-10-9-24-15-21(26)18-6-4-7-19(23)13-18/h3-8,12-13,21,24H,2,9-11,14-16H2,1H3,(H,25,27). The van der Waals surface area contributed by atoms with E-state index in [2.05, 4.69) is 22.5 Å². The fourth-order valence-corrected chi connectivity index (χ4v) is 3.38. The first-order valence-electron chi connectivity index (χ1n) is 9.84. The predicted molar refractivity (Wildman–Crippen MR) is 108 cm³/mol. The smallest absolute Gasteiger partial charge is 0.234 e. The Bertz CT molecular complexity index is 784. The molecule has 0 bridgehead atoms. The molecule has 1 aliphatic rings. The van der Waals surface area contributed by atoms with Crippen LogP contribution in [0.5, 0.6) is 5.75 Å². The summed E-state index contributed by atoms with van der Waals surface area (Å²) in [7, 11) is 0. The fourth-order valence-electron chi connectivity index (χ4n) is 3.38. The number of ether oxygens (including phenoxy) is 1. The van der Waals surface area contributed by atoms with E-state index in [1.54, 1.807) is 12.1 Å². The molecule has 3 rings (SSSR count). The summed E-state index contributed by atoms with van der Waals surface area (Å²) >= 11 is 0. The second-order valence-corrected chi connectivity index (χ2v) is 7.02. The first-order valence-corrected chi connectivity index (χ1v) is 9.84. The largest absolute Gasteiger partial charge is 0.494 e. The molecule has 2 aromatic rings. The van der Waals surface area contributed by atoms with Crippen molar-refractivity contribution >= 4 is 5.91 Å². The predicted octanol–water partition coefficient (Wildman–Crippen LogP) is 2.88. The van der Waals surface area contributed by atoms with Gasteiger partial charge in [-0.25, -0.2) is 4.39 Å². The van der Waals surface area contributed by atoms with Gasteiger partial charge in [-0.3, -0.25) is 9.69 Å². The van der Waals surface area contributed by atoms with Crippen molar-refractivity contribution in [2.75, 3.05) is 32.8 Å². The molecule has 150 valence electrons. The molecule has 2 N–H and O–H groups in total. The number of amides is 1. The van der Waals surface area contributed by atoms with Gasteiger partial charge in [0.05, 0.1) is 13.2 Å². The number of benzene rings is 2. The van der Waals surface area contributed by atoms with Gasteiger partial charge in [-0.1, -0.05) is 31.2 Å². The number of piperazine rings is 1. The quantitative estimate of drug-likeness (QED) is 0.734. The fraction of sp³-hybridized carbons (Fsp3) is 0.409. The monoisotopic (exact) mass is 385 g/mol. The molecule has 1 atom stereocenters. The molecule has 28 heavy (non-hydrogen) atoms. The minimum atomic E-state index is -0.252. The first kappa shape index (κ1) is 20.3. The zero-order valence-corrected chi connectivity index (χ0v) is 16.3. The maximum absolute atomic E-state index is 13.6. The Labute approximate surface area is 165 Å². The van der Waals surface area contributed by atoms with E-state index in [4.69, 9.17) is 4.74 Å². The topological polar surface area (TPSA) is 53.6 Å². The molecule has 0 spiro atoms. The number of carbonyl (C=O) groups excluding carboxylic acids is 1. The van der Waals surface area contributed by atoms with Gasteiger partial charge in [-0.15, -0.1) is 0 Å². The van der Waals surface area contributed by atoms with Gasteiger partial charge in [-0.2, -0.15) is 0 Å². The zero-order chi connectivity index (χ0) is 19.8. The van der Waals surface area contributed by atoms with Gasteiger partial charge >= 0.3 is 0 Å². The molecule has 2 aromatic carbocycles. The van der Waals surface area contributed by atoms with E-state index in [1.807, 2.05) is 30.3 Å². The van der Waals surface area contributed by atoms with Gasteiger partial charge in [0, 0.05) is 32.2 Å². The third-order valence-corrected chi connectivity index (χ3v) is 4.80. The van der Waals surface area contributed by atoms with Gasteiger partial charge in [0.2, 0.25) is 5.91 Å². The summed E-state index contributed by atoms with van der Waals surface area (Å²) in [5, 5.41) is 6.31. The molecular weight excluding hydrogens is 357 g/mol. The zero-order valence-electron chi connectivity index (χ0n) is 16.3. The van der Waals surface area contributed by atoms with Crippen LogP contribution in [0.2, 0.25) is 0 Å². The van der Waals surface area contributed by atoms with E-state index in [0.29, 0.717) is 19.7 Å². The van der Waals surface area contributed by atoms with Crippen LogP contribution in [0.4, 0.5) is 4.39 Å². The SMILES string of the molecule is CCCOc1cccc(CNC(=O)CN2CCNCC2c2cccc(F)c2)c1. The molecule has 6 heteroatoms. The van der Waals surface area contributed by atoms with Crippen molar-refractivity contribution in [2.45, 2.75) is 25.9 Å². The first-order chi connectivity index (χ1) is 13.7. The van der Waals surface area contributed by atoms with Gasteiger partial charge < -0.3 is 15.4 Å². The molecule has 1 aliphatic heterocycles. The Balaban J connectivity index is 1.56. The molecule has 0 aromatic heterocycles. The number of nitrogens with one attached hydrogen (secondary N) is 2. The van der Waals surface area contributed by atoms with Gasteiger partial charge in [-0.05, 0) is 41.8 Å². The number of carbonyl (C=O) groups is 1. The lowest BCUT2D eigenvalue weighted by Gasteiger charge is -2.36. The van der Waals surface area contributed by atoms with E-state index in [1.165, 1.54) is 6.07 Å². The lowest BCUT2D eigenvalue weighted by molar-refractivity contribution is -0.123. The number of rotatable bonds is 8. The summed E-state index contributed by atoms with van der Waals surface area (Å²) in [6, 6.07) is 14.4. The normalized spacial score (nSPS) is 17.3. The Morgan fingerprint density at radius 3 is 2.96 bits per heavy atom. The van der Waals surface area contributed by atoms with Crippen molar-refractivity contribution in [3.05, 3.63) is 65.5 Å². The Morgan fingerprint density at radius 2 is 2.14 bits per heavy atom. The molecule has 1 heterocycles. The van der Waals surface area contributed by atoms with Crippen LogP contribution in [0, 0.1) is 5.82 Å². The average molecular weight is 385 g/mol. The van der Waals surface area contributed by atoms with Crippen LogP contribution in [0.25, 0.3) is 0 Å². The number of hydrogen-bond donors (Lipinski definition) is 2. The summed E-state index contributed by atoms with van der Waals surface area (Å²) in [5.74, 6) is 0.530. The third-order valence-electron chi connectivity index (χ3n) is 4.80. The molecule has 1 amide bonds. The molecule has 0 aliphatic carbocycles. The average Bonchev–Trinajstić information content (AvgIpc) is 2.71. The van der Waals surface area contributed by atoms with Crippen molar-refractivity contribution in [1.82, 2.24) is 15.5 Å². The minimum Gasteiger partial charge on any atom is -0.494 e. The number of nitrogens with zero attached hydrogens (tertiary/aromatic N) is 1. The van der Waals surface area contributed by atoms with Gasteiger partial charge in [0.25, 0.3) is 0 Å². The molecule has 0 radical (unpaired) electrons. The summed E-state index contributed by atoms with van der Waals surface area (Å²) in [6.45, 7) is 5.75. The molecule has 0 saturated carbocycles. The highest BCUT2D eigenvalue weighted by molar-refractivity contribution is 5.78. The molecule has 1 unspecified atom stereocenters. The Kier molecular flexibility index (Phi) is 7.39. The van der Waals surface area contributed by atoms with E-state index in [0.717, 1.165) is 36.4 Å². The maximum atomic E-state index is 13.6. The van der Waals surface area contributed by atoms with E-state index < -0.39 is 0 Å². The van der Waals surface area contributed by atoms with Crippen LogP contribution in [-0.2, 0) is 11.3 Å². The van der Waals surface area contributed by atoms with Crippen molar-refractivity contribution in [2.24, 2.45) is 0 Å². The highest BCUT2D eigenvalue weighted by atomic mass is 19.1. The summed E-state index contributed by atoms with van der Waals surface area (Å²) < 4.78 is 19.2. The second kappa shape index (κ2) is 10.2. The lowest BCUT2D eigenvalue weighted by Crippen LogP contribution is -2.49. The molecule has 5 nitrogen and oxygen atoms in total. The van der Waals surface area contributed by atoms with E-state index >= 15 is 0 Å².